The number of nitrogens with one attached hydrogen (secondary N) is 1. The summed E-state index contributed by atoms with van der Waals surface area (Å²) < 4.78 is 50.5. The molecule has 1 amide bonds. The number of rotatable bonds is 5. The molecule has 0 spiro atoms. The van der Waals surface area contributed by atoms with Crippen LogP contribution in [0.5, 0.6) is 0 Å². The van der Waals surface area contributed by atoms with E-state index >= 15 is 0 Å². The van der Waals surface area contributed by atoms with Crippen LogP contribution in [0.1, 0.15) is 29.6 Å². The van der Waals surface area contributed by atoms with E-state index in [-0.39, 0.29) is 20.5 Å². The van der Waals surface area contributed by atoms with Gasteiger partial charge in [0.05, 0.1) is 20.0 Å². The number of thiazole rings is 1. The molecule has 0 unspecified atom stereocenters. The molecule has 1 aliphatic heterocycles. The van der Waals surface area contributed by atoms with Crippen LogP contribution in [-0.4, -0.2) is 45.1 Å². The summed E-state index contributed by atoms with van der Waals surface area (Å²) in [4.78, 5) is 16.9. The highest BCUT2D eigenvalue weighted by Crippen LogP contribution is 2.28. The maximum Gasteiger partial charge on any atom is 0.257 e. The number of fused-ring (bicyclic) bond motifs is 1. The molecule has 31 heavy (non-hydrogen) atoms. The van der Waals surface area contributed by atoms with Gasteiger partial charge in [-0.15, -0.1) is 0 Å². The molecule has 0 bridgehead atoms. The molecule has 9 nitrogen and oxygen atoms in total. The Kier molecular flexibility index (Phi) is 5.83. The van der Waals surface area contributed by atoms with Gasteiger partial charge in [-0.2, -0.15) is 4.31 Å². The van der Waals surface area contributed by atoms with Crippen LogP contribution in [-0.2, 0) is 20.0 Å². The van der Waals surface area contributed by atoms with Gasteiger partial charge in [0.25, 0.3) is 5.91 Å². The number of benzene rings is 2. The van der Waals surface area contributed by atoms with Crippen molar-refractivity contribution in [3.8, 4) is 0 Å². The Labute approximate surface area is 184 Å². The Bertz CT molecular complexity index is 1340. The van der Waals surface area contributed by atoms with E-state index in [1.807, 2.05) is 0 Å². The molecule has 3 N–H and O–H groups in total. The largest absolute Gasteiger partial charge is 0.298 e. The lowest BCUT2D eigenvalue weighted by molar-refractivity contribution is 0.102. The smallest absolute Gasteiger partial charge is 0.257 e. The van der Waals surface area contributed by atoms with E-state index < -0.39 is 26.0 Å². The summed E-state index contributed by atoms with van der Waals surface area (Å²) in [6.07, 6.45) is 2.72. The van der Waals surface area contributed by atoms with Gasteiger partial charge in [0.2, 0.25) is 20.0 Å². The van der Waals surface area contributed by atoms with Crippen molar-refractivity contribution in [3.63, 3.8) is 0 Å². The lowest BCUT2D eigenvalue weighted by Crippen LogP contribution is -2.35. The molecule has 1 aliphatic rings. The van der Waals surface area contributed by atoms with E-state index in [1.54, 1.807) is 0 Å². The number of hydrogen-bond donors (Lipinski definition) is 2. The van der Waals surface area contributed by atoms with Crippen LogP contribution in [0.4, 0.5) is 5.13 Å². The molecule has 1 saturated heterocycles. The second-order valence-electron chi connectivity index (χ2n) is 7.14. The monoisotopic (exact) mass is 480 g/mol. The zero-order chi connectivity index (χ0) is 22.2. The number of aromatic nitrogens is 1. The van der Waals surface area contributed by atoms with Gasteiger partial charge in [0.1, 0.15) is 0 Å². The fourth-order valence-electron chi connectivity index (χ4n) is 3.34. The number of anilines is 1. The third-order valence-corrected chi connectivity index (χ3v) is 8.74. The van der Waals surface area contributed by atoms with E-state index in [0.29, 0.717) is 23.3 Å². The molecular weight excluding hydrogens is 460 g/mol. The van der Waals surface area contributed by atoms with E-state index in [4.69, 9.17) is 5.14 Å². The molecule has 2 heterocycles. The predicted octanol–water partition coefficient (Wildman–Crippen LogP) is 2.37. The molecule has 2 aromatic carbocycles. The molecule has 3 aromatic rings. The first-order valence-electron chi connectivity index (χ1n) is 9.49. The number of carbonyl (C=O) groups is 1. The third kappa shape index (κ3) is 4.62. The fraction of sp³-hybridized carbons (Fsp3) is 0.263. The number of carbonyl (C=O) groups excluding carboxylic acids is 1. The Morgan fingerprint density at radius 3 is 2.26 bits per heavy atom. The van der Waals surface area contributed by atoms with Gasteiger partial charge in [-0.05, 0) is 55.3 Å². The Hall–Kier alpha value is -2.38. The Morgan fingerprint density at radius 1 is 0.968 bits per heavy atom. The lowest BCUT2D eigenvalue weighted by Gasteiger charge is -2.25. The Balaban J connectivity index is 1.51. The van der Waals surface area contributed by atoms with Crippen LogP contribution < -0.4 is 10.5 Å². The molecule has 0 aliphatic carbocycles. The first kappa shape index (κ1) is 21.8. The Morgan fingerprint density at radius 2 is 1.61 bits per heavy atom. The summed E-state index contributed by atoms with van der Waals surface area (Å²) >= 11 is 1.11. The number of amides is 1. The quantitative estimate of drug-likeness (QED) is 0.575. The zero-order valence-electron chi connectivity index (χ0n) is 16.3. The molecule has 0 radical (unpaired) electrons. The van der Waals surface area contributed by atoms with Gasteiger partial charge >= 0.3 is 0 Å². The topological polar surface area (TPSA) is 140 Å². The van der Waals surface area contributed by atoms with Crippen molar-refractivity contribution in [3.05, 3.63) is 48.0 Å². The van der Waals surface area contributed by atoms with Crippen LogP contribution in [0.3, 0.4) is 0 Å². The molecular formula is C19H20N4O5S3. The van der Waals surface area contributed by atoms with Gasteiger partial charge in [-0.3, -0.25) is 10.1 Å². The highest BCUT2D eigenvalue weighted by atomic mass is 32.2. The summed E-state index contributed by atoms with van der Waals surface area (Å²) in [5.41, 5.74) is 0.803. The highest BCUT2D eigenvalue weighted by molar-refractivity contribution is 7.89. The second kappa shape index (κ2) is 8.28. The maximum atomic E-state index is 12.7. The molecule has 1 aromatic heterocycles. The van der Waals surface area contributed by atoms with Gasteiger partial charge in [0.15, 0.2) is 5.13 Å². The molecule has 1 fully saturated rings. The van der Waals surface area contributed by atoms with E-state index in [2.05, 4.69) is 10.3 Å². The van der Waals surface area contributed by atoms with Crippen LogP contribution in [0.25, 0.3) is 10.2 Å². The maximum absolute atomic E-state index is 12.7. The number of nitrogens with zero attached hydrogens (tertiary/aromatic N) is 2. The molecule has 164 valence electrons. The van der Waals surface area contributed by atoms with Gasteiger partial charge < -0.3 is 0 Å². The van der Waals surface area contributed by atoms with Crippen LogP contribution in [0, 0.1) is 0 Å². The van der Waals surface area contributed by atoms with E-state index in [1.165, 1.54) is 46.8 Å². The first-order valence-corrected chi connectivity index (χ1v) is 13.3. The fourth-order valence-corrected chi connectivity index (χ4v) is 6.37. The molecule has 12 heteroatoms. The van der Waals surface area contributed by atoms with Crippen molar-refractivity contribution in [2.75, 3.05) is 18.4 Å². The van der Waals surface area contributed by atoms with Crippen molar-refractivity contribution in [2.45, 2.75) is 29.1 Å². The molecule has 0 saturated carbocycles. The van der Waals surface area contributed by atoms with Crippen LogP contribution in [0.2, 0.25) is 0 Å². The van der Waals surface area contributed by atoms with Crippen molar-refractivity contribution in [1.82, 2.24) is 9.29 Å². The number of nitrogens with two attached hydrogens (primary N) is 1. The van der Waals surface area contributed by atoms with E-state index in [0.717, 1.165) is 30.6 Å². The second-order valence-corrected chi connectivity index (χ2v) is 11.7. The number of sulfonamides is 2. The predicted molar refractivity (Wildman–Crippen MR) is 118 cm³/mol. The minimum absolute atomic E-state index is 0.0352. The summed E-state index contributed by atoms with van der Waals surface area (Å²) in [5, 5.41) is 8.09. The van der Waals surface area contributed by atoms with Gasteiger partial charge in [-0.1, -0.05) is 17.8 Å². The normalized spacial score (nSPS) is 15.8. The van der Waals surface area contributed by atoms with Crippen molar-refractivity contribution in [2.24, 2.45) is 5.14 Å². The zero-order valence-corrected chi connectivity index (χ0v) is 18.8. The molecule has 4 rings (SSSR count). The SMILES string of the molecule is NS(=O)(=O)c1ccc2nc(NC(=O)c3ccc(S(=O)(=O)N4CCCCC4)cc3)sc2c1. The lowest BCUT2D eigenvalue weighted by atomic mass is 10.2. The first-order chi connectivity index (χ1) is 14.6. The van der Waals surface area contributed by atoms with Crippen LogP contribution >= 0.6 is 11.3 Å². The third-order valence-electron chi connectivity index (χ3n) is 4.98. The average Bonchev–Trinajstić information content (AvgIpc) is 3.15. The van der Waals surface area contributed by atoms with Crippen molar-refractivity contribution < 1.29 is 21.6 Å². The van der Waals surface area contributed by atoms with Gasteiger partial charge in [0, 0.05) is 18.7 Å². The highest BCUT2D eigenvalue weighted by Gasteiger charge is 2.26. The van der Waals surface area contributed by atoms with E-state index in [9.17, 15) is 21.6 Å². The molecule has 0 atom stereocenters. The average molecular weight is 481 g/mol. The van der Waals surface area contributed by atoms with Gasteiger partial charge in [-0.25, -0.2) is 27.0 Å². The minimum Gasteiger partial charge on any atom is -0.298 e. The standard InChI is InChI=1S/C19H20N4O5S3/c20-30(25,26)15-8-9-16-17(12-15)29-19(21-16)22-18(24)13-4-6-14(7-5-13)31(27,28)23-10-2-1-3-11-23/h4-9,12H,1-3,10-11H2,(H2,20,25,26)(H,21,22,24). The summed E-state index contributed by atoms with van der Waals surface area (Å²) in [7, 11) is -7.40. The summed E-state index contributed by atoms with van der Waals surface area (Å²) in [6.45, 7) is 1.02. The minimum atomic E-state index is -3.84. The number of primary sulfonamides is 1. The number of piperidine rings is 1. The summed E-state index contributed by atoms with van der Waals surface area (Å²) in [6, 6.07) is 10.0. The van der Waals surface area contributed by atoms with Crippen molar-refractivity contribution in [1.29, 1.82) is 0 Å². The van der Waals surface area contributed by atoms with Crippen molar-refractivity contribution >= 4 is 52.6 Å². The summed E-state index contributed by atoms with van der Waals surface area (Å²) in [5.74, 6) is -0.451. The van der Waals surface area contributed by atoms with Crippen LogP contribution in [0.15, 0.2) is 52.3 Å². The number of hydrogen-bond acceptors (Lipinski definition) is 7.